The number of nitrogens with two attached hydrogens (primary N) is 1. The molecule has 2 aromatic rings. The molecule has 0 spiro atoms. The van der Waals surface area contributed by atoms with Gasteiger partial charge in [0.05, 0.1) is 11.3 Å². The maximum absolute atomic E-state index is 13.1. The molecule has 0 aliphatic heterocycles. The third-order valence-corrected chi connectivity index (χ3v) is 5.26. The Morgan fingerprint density at radius 3 is 2.60 bits per heavy atom. The highest BCUT2D eigenvalue weighted by Crippen LogP contribution is 2.22. The van der Waals surface area contributed by atoms with Crippen LogP contribution in [0.15, 0.2) is 77.3 Å². The number of hydrogen-bond acceptors (Lipinski definition) is 3. The van der Waals surface area contributed by atoms with Crippen molar-refractivity contribution in [2.24, 2.45) is 5.73 Å². The number of rotatable bonds is 11. The topological polar surface area (TPSA) is 101 Å². The molecule has 188 valence electrons. The van der Waals surface area contributed by atoms with E-state index in [1.807, 2.05) is 26.8 Å². The van der Waals surface area contributed by atoms with Gasteiger partial charge in [0.15, 0.2) is 0 Å². The maximum atomic E-state index is 13.1. The summed E-state index contributed by atoms with van der Waals surface area (Å²) in [6.07, 6.45) is 9.82. The molecule has 0 unspecified atom stereocenters. The first-order chi connectivity index (χ1) is 16.7. The molecule has 1 heterocycles. The molecule has 1 aromatic carbocycles. The quantitative estimate of drug-likeness (QED) is 0.306. The average molecular weight is 501 g/mol. The van der Waals surface area contributed by atoms with Gasteiger partial charge >= 0.3 is 0 Å². The van der Waals surface area contributed by atoms with Crippen LogP contribution in [0.25, 0.3) is 10.9 Å². The fourth-order valence-electron chi connectivity index (χ4n) is 3.15. The van der Waals surface area contributed by atoms with Gasteiger partial charge in [-0.3, -0.25) is 14.7 Å². The fourth-order valence-corrected chi connectivity index (χ4v) is 3.52. The van der Waals surface area contributed by atoms with Crippen molar-refractivity contribution in [2.45, 2.75) is 53.4 Å². The summed E-state index contributed by atoms with van der Waals surface area (Å²) < 4.78 is 13.1. The molecule has 0 aliphatic carbocycles. The number of halogens is 2. The molecule has 0 fully saturated rings. The van der Waals surface area contributed by atoms with Gasteiger partial charge in [-0.05, 0) is 50.1 Å². The summed E-state index contributed by atoms with van der Waals surface area (Å²) in [5.74, 6) is -1.10. The molecule has 0 saturated carbocycles. The first-order valence-electron chi connectivity index (χ1n) is 11.5. The van der Waals surface area contributed by atoms with Gasteiger partial charge in [-0.15, -0.1) is 0 Å². The molecule has 0 saturated heterocycles. The number of hydrogen-bond donors (Lipinski definition) is 3. The molecule has 8 heteroatoms. The Labute approximate surface area is 211 Å². The first kappa shape index (κ1) is 29.6. The number of nitrogens with one attached hydrogen (secondary N) is 2. The number of amides is 2. The van der Waals surface area contributed by atoms with Crippen LogP contribution < -0.4 is 11.1 Å². The summed E-state index contributed by atoms with van der Waals surface area (Å²) in [4.78, 5) is 24.0. The highest BCUT2D eigenvalue weighted by atomic mass is 35.5. The van der Waals surface area contributed by atoms with Crippen LogP contribution in [0.1, 0.15) is 63.0 Å². The Hall–Kier alpha value is -3.45. The number of aromatic amines is 1. The van der Waals surface area contributed by atoms with E-state index < -0.39 is 5.91 Å². The first-order valence-corrected chi connectivity index (χ1v) is 11.9. The van der Waals surface area contributed by atoms with Gasteiger partial charge in [-0.25, -0.2) is 4.39 Å². The van der Waals surface area contributed by atoms with Crippen LogP contribution in [0.5, 0.6) is 0 Å². The van der Waals surface area contributed by atoms with E-state index in [1.54, 1.807) is 36.4 Å². The van der Waals surface area contributed by atoms with Crippen LogP contribution in [0.3, 0.4) is 0 Å². The zero-order chi connectivity index (χ0) is 26.4. The third-order valence-electron chi connectivity index (χ3n) is 4.88. The second kappa shape index (κ2) is 15.5. The summed E-state index contributed by atoms with van der Waals surface area (Å²) >= 11 is 6.14. The van der Waals surface area contributed by atoms with Crippen molar-refractivity contribution >= 4 is 34.3 Å². The number of primary amides is 1. The SMILES string of the molecule is C=C/C=C\C(=C/Cc1[nH]nc2ccc(C(N)=O)cc12)NC(=O)CC/C(CC)=C(Cl)/C=C(\C)F.CC. The van der Waals surface area contributed by atoms with Crippen molar-refractivity contribution < 1.29 is 14.0 Å². The van der Waals surface area contributed by atoms with Crippen molar-refractivity contribution in [3.63, 3.8) is 0 Å². The van der Waals surface area contributed by atoms with Gasteiger partial charge < -0.3 is 11.1 Å². The molecule has 0 bridgehead atoms. The maximum Gasteiger partial charge on any atom is 0.248 e. The number of fused-ring (bicyclic) bond motifs is 1. The van der Waals surface area contributed by atoms with E-state index >= 15 is 0 Å². The third kappa shape index (κ3) is 9.74. The van der Waals surface area contributed by atoms with E-state index in [0.29, 0.717) is 41.1 Å². The second-order valence-corrected chi connectivity index (χ2v) is 7.75. The molecule has 35 heavy (non-hydrogen) atoms. The molecule has 0 radical (unpaired) electrons. The lowest BCUT2D eigenvalue weighted by molar-refractivity contribution is -0.120. The number of aromatic nitrogens is 2. The van der Waals surface area contributed by atoms with Crippen LogP contribution in [0.2, 0.25) is 0 Å². The number of benzene rings is 1. The zero-order valence-corrected chi connectivity index (χ0v) is 21.5. The van der Waals surface area contributed by atoms with E-state index in [9.17, 15) is 14.0 Å². The molecular weight excluding hydrogens is 467 g/mol. The van der Waals surface area contributed by atoms with E-state index in [-0.39, 0.29) is 18.2 Å². The second-order valence-electron chi connectivity index (χ2n) is 7.34. The monoisotopic (exact) mass is 500 g/mol. The normalized spacial score (nSPS) is 12.7. The van der Waals surface area contributed by atoms with Gasteiger partial charge in [-0.2, -0.15) is 5.10 Å². The standard InChI is InChI=1S/C25H28ClFN4O2.C2H6/c1-4-6-7-19(29-24(32)13-9-17(5-2)21(26)14-16(3)27)10-12-23-20-15-18(25(28)33)8-11-22(20)30-31-23;1-2/h4,6-8,10-11,14-15H,1,5,9,12-13H2,2-3H3,(H2,28,33)(H,29,32)(H,30,31);1-2H3/b7-6-,16-14+,19-10+,21-17-;. The van der Waals surface area contributed by atoms with E-state index in [1.165, 1.54) is 13.0 Å². The minimum absolute atomic E-state index is 0.197. The Bertz CT molecular complexity index is 1160. The summed E-state index contributed by atoms with van der Waals surface area (Å²) in [7, 11) is 0. The number of allylic oxidation sites excluding steroid dienone is 8. The van der Waals surface area contributed by atoms with Crippen molar-refractivity contribution in [2.75, 3.05) is 0 Å². The summed E-state index contributed by atoms with van der Waals surface area (Å²) in [5.41, 5.74) is 8.66. The average Bonchev–Trinajstić information content (AvgIpc) is 3.24. The van der Waals surface area contributed by atoms with Gasteiger partial charge in [0.25, 0.3) is 0 Å². The lowest BCUT2D eigenvalue weighted by atomic mass is 10.1. The summed E-state index contributed by atoms with van der Waals surface area (Å²) in [6, 6.07) is 5.04. The van der Waals surface area contributed by atoms with Crippen molar-refractivity contribution in [1.82, 2.24) is 15.5 Å². The molecular formula is C27H34ClFN4O2. The van der Waals surface area contributed by atoms with Crippen LogP contribution >= 0.6 is 11.6 Å². The number of carbonyl (C=O) groups excluding carboxylic acids is 2. The van der Waals surface area contributed by atoms with Gasteiger partial charge in [0.1, 0.15) is 0 Å². The predicted molar refractivity (Wildman–Crippen MR) is 142 cm³/mol. The molecule has 0 aliphatic rings. The Kier molecular flexibility index (Phi) is 13.1. The summed E-state index contributed by atoms with van der Waals surface area (Å²) in [6.45, 7) is 10.9. The predicted octanol–water partition coefficient (Wildman–Crippen LogP) is 6.53. The molecule has 6 nitrogen and oxygen atoms in total. The fraction of sp³-hybridized carbons (Fsp3) is 0.296. The Morgan fingerprint density at radius 1 is 1.29 bits per heavy atom. The van der Waals surface area contributed by atoms with Crippen LogP contribution in [0, 0.1) is 0 Å². The molecule has 4 N–H and O–H groups in total. The van der Waals surface area contributed by atoms with Crippen molar-refractivity contribution in [3.8, 4) is 0 Å². The number of H-pyrrole nitrogens is 1. The van der Waals surface area contributed by atoms with E-state index in [0.717, 1.165) is 16.7 Å². The number of carbonyl (C=O) groups is 2. The van der Waals surface area contributed by atoms with E-state index in [2.05, 4.69) is 22.1 Å². The minimum Gasteiger partial charge on any atom is -0.366 e. The van der Waals surface area contributed by atoms with Crippen LogP contribution in [0.4, 0.5) is 4.39 Å². The highest BCUT2D eigenvalue weighted by Gasteiger charge is 2.10. The van der Waals surface area contributed by atoms with Crippen molar-refractivity contribution in [1.29, 1.82) is 0 Å². The molecule has 2 rings (SSSR count). The van der Waals surface area contributed by atoms with Gasteiger partial charge in [0, 0.05) is 40.2 Å². The van der Waals surface area contributed by atoms with Crippen molar-refractivity contribution in [3.05, 3.63) is 88.5 Å². The van der Waals surface area contributed by atoms with Crippen LogP contribution in [-0.4, -0.2) is 22.0 Å². The Morgan fingerprint density at radius 2 is 2.00 bits per heavy atom. The molecule has 0 atom stereocenters. The van der Waals surface area contributed by atoms with Gasteiger partial charge in [-0.1, -0.05) is 62.8 Å². The number of nitrogens with zero attached hydrogens (tertiary/aromatic N) is 1. The lowest BCUT2D eigenvalue weighted by Crippen LogP contribution is -2.21. The van der Waals surface area contributed by atoms with Crippen LogP contribution in [-0.2, 0) is 11.2 Å². The zero-order valence-electron chi connectivity index (χ0n) is 20.8. The van der Waals surface area contributed by atoms with E-state index in [4.69, 9.17) is 17.3 Å². The smallest absolute Gasteiger partial charge is 0.248 e. The Balaban J connectivity index is 0.00000298. The minimum atomic E-state index is -0.515. The molecule has 2 amide bonds. The summed E-state index contributed by atoms with van der Waals surface area (Å²) in [5, 5.41) is 11.2. The largest absolute Gasteiger partial charge is 0.366 e. The highest BCUT2D eigenvalue weighted by molar-refractivity contribution is 6.31. The lowest BCUT2D eigenvalue weighted by Gasteiger charge is -2.09. The molecule has 1 aromatic heterocycles. The van der Waals surface area contributed by atoms with Gasteiger partial charge in [0.2, 0.25) is 11.8 Å².